The summed E-state index contributed by atoms with van der Waals surface area (Å²) in [4.78, 5) is 6.96. The highest BCUT2D eigenvalue weighted by Crippen LogP contribution is 2.46. The van der Waals surface area contributed by atoms with E-state index in [2.05, 4.69) is 140 Å². The average molecular weight is 867 g/mol. The zero-order chi connectivity index (χ0) is 55.2. The van der Waals surface area contributed by atoms with Crippen LogP contribution in [0.2, 0.25) is 0 Å². The molecule has 11 aromatic rings. The minimum Gasteiger partial charge on any atom is -0.457 e. The van der Waals surface area contributed by atoms with Crippen molar-refractivity contribution >= 4 is 76.5 Å². The predicted molar refractivity (Wildman–Crippen MR) is 278 cm³/mol. The zero-order valence-corrected chi connectivity index (χ0v) is 37.0. The van der Waals surface area contributed by atoms with Crippen molar-refractivity contribution in [3.8, 4) is 28.4 Å². The number of ether oxygens (including phenoxy) is 1. The Kier molecular flexibility index (Phi) is 6.59. The molecule has 5 nitrogen and oxygen atoms in total. The summed E-state index contributed by atoms with van der Waals surface area (Å²) in [6.45, 7) is 8.19. The second kappa shape index (κ2) is 15.1. The Balaban J connectivity index is 1.06. The van der Waals surface area contributed by atoms with Gasteiger partial charge in [0.15, 0.2) is 0 Å². The maximum atomic E-state index is 9.22. The molecule has 0 unspecified atom stereocenters. The molecule has 1 aliphatic heterocycles. The Morgan fingerprint density at radius 1 is 0.606 bits per heavy atom. The highest BCUT2D eigenvalue weighted by molar-refractivity contribution is 6.21. The molecule has 4 heterocycles. The topological polar surface area (TPSA) is 35.2 Å². The quantitative estimate of drug-likeness (QED) is 0.173. The molecule has 0 N–H and O–H groups in total. The van der Waals surface area contributed by atoms with Crippen LogP contribution in [0.15, 0.2) is 182 Å². The second-order valence-electron chi connectivity index (χ2n) is 18.1. The van der Waals surface area contributed by atoms with Crippen LogP contribution >= 0.6 is 0 Å². The standard InChI is InChI=1S/C61H50N4O/c1-38-26-29-46-44-19-10-11-20-45(44)49-23-15-25-55-60(49)64(59-39(2)16-14-22-50(59)51(46)32-38)37-63(55)42-27-31-53(61(4,5)6)57(34-42)66-43-28-30-48-47-21-12-13-24-54(47)65(56(48)35-43)58-33-40(3)52(36-62-58)41-17-8-7-9-18-41/h7-36H,37H2,1-6H3/i3D3,7D,8D,9D,12D,13D,17D,18D,21D,24D. The van der Waals surface area contributed by atoms with E-state index < -0.39 is 60.6 Å². The smallest absolute Gasteiger partial charge is 0.137 e. The summed E-state index contributed by atoms with van der Waals surface area (Å²) in [7, 11) is 0. The van der Waals surface area contributed by atoms with Crippen molar-refractivity contribution < 1.29 is 21.2 Å². The molecule has 320 valence electrons. The summed E-state index contributed by atoms with van der Waals surface area (Å²) in [5, 5.41) is 7.41. The first-order chi connectivity index (χ1) is 37.0. The molecule has 5 heteroatoms. The van der Waals surface area contributed by atoms with Crippen LogP contribution in [0.4, 0.5) is 11.4 Å². The number of hydrogen-bond donors (Lipinski definition) is 0. The molecule has 0 atom stereocenters. The largest absolute Gasteiger partial charge is 0.457 e. The van der Waals surface area contributed by atoms with Gasteiger partial charge in [-0.2, -0.15) is 0 Å². The third kappa shape index (κ3) is 6.33. The molecular weight excluding hydrogens is 805 g/mol. The highest BCUT2D eigenvalue weighted by Gasteiger charge is 2.27. The van der Waals surface area contributed by atoms with Crippen LogP contribution in [0.25, 0.3) is 82.1 Å². The van der Waals surface area contributed by atoms with Gasteiger partial charge in [0.1, 0.15) is 24.0 Å². The number of benzene rings is 8. The molecule has 0 saturated carbocycles. The van der Waals surface area contributed by atoms with Gasteiger partial charge in [-0.15, -0.1) is 0 Å². The lowest BCUT2D eigenvalue weighted by atomic mass is 9.86. The first-order valence-electron chi connectivity index (χ1n) is 28.0. The van der Waals surface area contributed by atoms with Crippen molar-refractivity contribution in [1.82, 2.24) is 14.1 Å². The van der Waals surface area contributed by atoms with E-state index in [9.17, 15) is 1.37 Å². The summed E-state index contributed by atoms with van der Waals surface area (Å²) in [5.74, 6) is 0.853. The number of aryl methyl sites for hydroxylation is 3. The van der Waals surface area contributed by atoms with Crippen molar-refractivity contribution in [3.63, 3.8) is 0 Å². The molecule has 0 saturated heterocycles. The lowest BCUT2D eigenvalue weighted by molar-refractivity contribution is 0.456. The molecular formula is C61H50N4O. The van der Waals surface area contributed by atoms with Crippen LogP contribution < -0.4 is 9.64 Å². The van der Waals surface area contributed by atoms with Crippen LogP contribution in [0.5, 0.6) is 11.5 Å². The Bertz CT molecular complexity index is 4490. The zero-order valence-electron chi connectivity index (χ0n) is 49.0. The third-order valence-electron chi connectivity index (χ3n) is 12.9. The highest BCUT2D eigenvalue weighted by atomic mass is 16.5. The van der Waals surface area contributed by atoms with E-state index in [1.54, 1.807) is 18.2 Å². The fourth-order valence-corrected chi connectivity index (χ4v) is 9.90. The van der Waals surface area contributed by atoms with Crippen LogP contribution in [0, 0.1) is 20.7 Å². The molecule has 12 rings (SSSR count). The first-order valence-corrected chi connectivity index (χ1v) is 22.0. The summed E-state index contributed by atoms with van der Waals surface area (Å²) >= 11 is 0. The van der Waals surface area contributed by atoms with Gasteiger partial charge < -0.3 is 14.2 Å². The molecule has 3 aromatic heterocycles. The van der Waals surface area contributed by atoms with Gasteiger partial charge >= 0.3 is 0 Å². The Labute approximate surface area is 401 Å². The van der Waals surface area contributed by atoms with Gasteiger partial charge in [0, 0.05) is 60.8 Å². The van der Waals surface area contributed by atoms with E-state index in [1.165, 1.54) is 21.6 Å². The van der Waals surface area contributed by atoms with Gasteiger partial charge in [-0.05, 0) is 101 Å². The van der Waals surface area contributed by atoms with Crippen LogP contribution in [-0.2, 0) is 12.1 Å². The van der Waals surface area contributed by atoms with Crippen molar-refractivity contribution in [3.05, 3.63) is 204 Å². The fourth-order valence-electron chi connectivity index (χ4n) is 9.90. The Hall–Kier alpha value is -7.89. The summed E-state index contributed by atoms with van der Waals surface area (Å²) in [6, 6.07) is 36.1. The molecule has 0 aliphatic carbocycles. The maximum absolute atomic E-state index is 9.22. The monoisotopic (exact) mass is 866 g/mol. The van der Waals surface area contributed by atoms with Crippen LogP contribution in [0.1, 0.15) is 59.5 Å². The van der Waals surface area contributed by atoms with Crippen LogP contribution in [-0.4, -0.2) is 14.1 Å². The number of aromatic nitrogens is 3. The molecule has 1 aliphatic rings. The molecule has 8 aromatic carbocycles. The molecule has 0 fully saturated rings. The van der Waals surface area contributed by atoms with Gasteiger partial charge in [-0.25, -0.2) is 4.98 Å². The number of pyridine rings is 1. The lowest BCUT2D eigenvalue weighted by Crippen LogP contribution is -2.17. The van der Waals surface area contributed by atoms with Crippen LogP contribution in [0.3, 0.4) is 0 Å². The summed E-state index contributed by atoms with van der Waals surface area (Å²) < 4.78 is 115. The van der Waals surface area contributed by atoms with Gasteiger partial charge in [0.25, 0.3) is 0 Å². The number of anilines is 2. The number of para-hydroxylation sites is 3. The van der Waals surface area contributed by atoms with Gasteiger partial charge in [-0.1, -0.05) is 154 Å². The summed E-state index contributed by atoms with van der Waals surface area (Å²) in [6.07, 6.45) is 1.14. The number of hydrogen-bond acceptors (Lipinski definition) is 3. The SMILES string of the molecule is [2H]c1c([2H])c([2H])c(-c2cnc(-n3c4cc(Oc5cc(N6Cn7c8c(C)cccc8c8cc(C)ccc8c8ccccc8c8cccc6c87)ccc5C(C)(C)C)ccc4c4c([2H])c([2H])c([2H])c([2H])c43)cc2C([2H])([2H])[2H])c([2H])c1[2H]. The lowest BCUT2D eigenvalue weighted by Gasteiger charge is -2.26. The van der Waals surface area contributed by atoms with Crippen molar-refractivity contribution in [2.24, 2.45) is 0 Å². The van der Waals surface area contributed by atoms with E-state index in [0.717, 1.165) is 66.7 Å². The summed E-state index contributed by atoms with van der Waals surface area (Å²) in [5.41, 5.74) is 6.30. The van der Waals surface area contributed by atoms with E-state index in [-0.39, 0.29) is 39.5 Å². The molecule has 0 amide bonds. The van der Waals surface area contributed by atoms with Gasteiger partial charge in [0.05, 0.1) is 40.1 Å². The normalized spacial score (nSPS) is 15.4. The predicted octanol–water partition coefficient (Wildman–Crippen LogP) is 16.5. The Morgan fingerprint density at radius 3 is 2.15 bits per heavy atom. The first kappa shape index (κ1) is 28.8. The number of nitrogens with zero attached hydrogens (tertiary/aromatic N) is 4. The van der Waals surface area contributed by atoms with Crippen molar-refractivity contribution in [1.29, 1.82) is 0 Å². The Morgan fingerprint density at radius 2 is 1.33 bits per heavy atom. The van der Waals surface area contributed by atoms with Crippen molar-refractivity contribution in [2.75, 3.05) is 4.90 Å². The van der Waals surface area contributed by atoms with E-state index in [1.807, 2.05) is 6.07 Å². The van der Waals surface area contributed by atoms with E-state index >= 15 is 0 Å². The molecule has 0 radical (unpaired) electrons. The minimum absolute atomic E-state index is 0.0272. The second-order valence-corrected chi connectivity index (χ2v) is 18.1. The third-order valence-corrected chi connectivity index (χ3v) is 12.9. The number of fused-ring (bicyclic) bond motifs is 10. The molecule has 0 bridgehead atoms. The fraction of sp³-hybridized carbons (Fsp3) is 0.131. The minimum atomic E-state index is -2.90. The molecule has 0 spiro atoms. The van der Waals surface area contributed by atoms with E-state index in [0.29, 0.717) is 29.1 Å². The van der Waals surface area contributed by atoms with E-state index in [4.69, 9.17) is 19.8 Å². The van der Waals surface area contributed by atoms with Gasteiger partial charge in [-0.3, -0.25) is 4.57 Å². The maximum Gasteiger partial charge on any atom is 0.137 e. The molecule has 66 heavy (non-hydrogen) atoms. The van der Waals surface area contributed by atoms with Gasteiger partial charge in [0.2, 0.25) is 0 Å². The number of rotatable bonds is 5. The van der Waals surface area contributed by atoms with Crippen molar-refractivity contribution in [2.45, 2.75) is 53.6 Å². The average Bonchev–Trinajstić information content (AvgIpc) is 4.09.